The lowest BCUT2D eigenvalue weighted by Gasteiger charge is -2.17. The lowest BCUT2D eigenvalue weighted by Crippen LogP contribution is -2.36. The minimum atomic E-state index is -1.01. The van der Waals surface area contributed by atoms with Crippen molar-refractivity contribution in [3.05, 3.63) is 29.3 Å². The van der Waals surface area contributed by atoms with Crippen molar-refractivity contribution in [2.45, 2.75) is 32.7 Å². The molecule has 0 radical (unpaired) electrons. The van der Waals surface area contributed by atoms with Crippen molar-refractivity contribution in [3.8, 4) is 5.75 Å². The van der Waals surface area contributed by atoms with Crippen LogP contribution in [-0.2, 0) is 0 Å². The second-order valence-corrected chi connectivity index (χ2v) is 4.26. The van der Waals surface area contributed by atoms with Crippen LogP contribution in [0.1, 0.15) is 37.0 Å². The molecule has 0 aliphatic carbocycles. The third-order valence-electron chi connectivity index (χ3n) is 2.89. The average molecular weight is 287 g/mol. The van der Waals surface area contributed by atoms with Crippen molar-refractivity contribution in [1.82, 2.24) is 5.32 Å². The van der Waals surface area contributed by atoms with E-state index in [4.69, 9.17) is 9.84 Å². The molecular weight excluding hydrogens is 268 g/mol. The van der Waals surface area contributed by atoms with Gasteiger partial charge in [0.05, 0.1) is 6.61 Å². The summed E-state index contributed by atoms with van der Waals surface area (Å²) in [4.78, 5) is 12.0. The Bertz CT molecular complexity index is 466. The van der Waals surface area contributed by atoms with Crippen LogP contribution >= 0.6 is 0 Å². The summed E-state index contributed by atoms with van der Waals surface area (Å²) < 4.78 is 32.7. The molecule has 0 saturated carbocycles. The maximum atomic E-state index is 14.0. The van der Waals surface area contributed by atoms with Crippen molar-refractivity contribution in [2.24, 2.45) is 0 Å². The second kappa shape index (κ2) is 7.79. The van der Waals surface area contributed by atoms with Gasteiger partial charge < -0.3 is 15.2 Å². The molecule has 0 bridgehead atoms. The topological polar surface area (TPSA) is 58.6 Å². The van der Waals surface area contributed by atoms with Crippen LogP contribution < -0.4 is 10.1 Å². The van der Waals surface area contributed by atoms with Gasteiger partial charge in [0.25, 0.3) is 5.91 Å². The highest BCUT2D eigenvalue weighted by atomic mass is 19.1. The third-order valence-corrected chi connectivity index (χ3v) is 2.89. The maximum Gasteiger partial charge on any atom is 0.257 e. The number of nitrogens with one attached hydrogen (secondary N) is 1. The zero-order valence-corrected chi connectivity index (χ0v) is 11.6. The van der Waals surface area contributed by atoms with E-state index in [2.05, 4.69) is 5.32 Å². The number of carbonyl (C=O) groups is 1. The Morgan fingerprint density at radius 2 is 2.10 bits per heavy atom. The minimum Gasteiger partial charge on any atom is -0.491 e. The molecule has 112 valence electrons. The van der Waals surface area contributed by atoms with Gasteiger partial charge in [0.15, 0.2) is 11.6 Å². The fourth-order valence-corrected chi connectivity index (χ4v) is 1.80. The molecule has 1 atom stereocenters. The maximum absolute atomic E-state index is 14.0. The zero-order chi connectivity index (χ0) is 15.1. The van der Waals surface area contributed by atoms with Crippen LogP contribution in [0.3, 0.4) is 0 Å². The number of ether oxygens (including phenoxy) is 1. The number of aliphatic hydroxyl groups excluding tert-OH is 1. The van der Waals surface area contributed by atoms with Gasteiger partial charge in [-0.3, -0.25) is 4.79 Å². The van der Waals surface area contributed by atoms with Gasteiger partial charge in [0.1, 0.15) is 11.4 Å². The molecule has 6 heteroatoms. The van der Waals surface area contributed by atoms with Gasteiger partial charge in [0.2, 0.25) is 0 Å². The summed E-state index contributed by atoms with van der Waals surface area (Å²) in [6.07, 6.45) is 0.886. The number of amides is 1. The van der Waals surface area contributed by atoms with Gasteiger partial charge in [0, 0.05) is 12.6 Å². The molecule has 0 heterocycles. The smallest absolute Gasteiger partial charge is 0.257 e. The Balaban J connectivity index is 2.99. The SMILES string of the molecule is CCOc1ccc(F)c(C(=O)NC(CC)CCO)c1F. The average Bonchev–Trinajstić information content (AvgIpc) is 2.41. The Kier molecular flexibility index (Phi) is 6.38. The number of benzene rings is 1. The number of rotatable bonds is 7. The highest BCUT2D eigenvalue weighted by Crippen LogP contribution is 2.23. The van der Waals surface area contributed by atoms with E-state index in [-0.39, 0.29) is 25.0 Å². The van der Waals surface area contributed by atoms with Gasteiger partial charge in [-0.25, -0.2) is 8.78 Å². The lowest BCUT2D eigenvalue weighted by molar-refractivity contribution is 0.0919. The third kappa shape index (κ3) is 3.90. The predicted octanol–water partition coefficient (Wildman–Crippen LogP) is 2.25. The molecule has 1 rings (SSSR count). The van der Waals surface area contributed by atoms with Crippen molar-refractivity contribution in [2.75, 3.05) is 13.2 Å². The van der Waals surface area contributed by atoms with Gasteiger partial charge in [-0.2, -0.15) is 0 Å². The molecular formula is C14H19F2NO3. The number of hydrogen-bond donors (Lipinski definition) is 2. The first-order valence-corrected chi connectivity index (χ1v) is 6.57. The summed E-state index contributed by atoms with van der Waals surface area (Å²) in [6, 6.07) is 1.81. The van der Waals surface area contributed by atoms with Crippen LogP contribution in [0.15, 0.2) is 12.1 Å². The molecule has 2 N–H and O–H groups in total. The Morgan fingerprint density at radius 1 is 1.40 bits per heavy atom. The van der Waals surface area contributed by atoms with Crippen LogP contribution in [0.2, 0.25) is 0 Å². The van der Waals surface area contributed by atoms with E-state index < -0.39 is 23.1 Å². The van der Waals surface area contributed by atoms with E-state index in [9.17, 15) is 13.6 Å². The van der Waals surface area contributed by atoms with Crippen LogP contribution in [0, 0.1) is 11.6 Å². The molecule has 1 unspecified atom stereocenters. The normalized spacial score (nSPS) is 12.1. The summed E-state index contributed by atoms with van der Waals surface area (Å²) in [5, 5.41) is 11.4. The fourth-order valence-electron chi connectivity index (χ4n) is 1.80. The summed E-state index contributed by atoms with van der Waals surface area (Å²) in [6.45, 7) is 3.58. The predicted molar refractivity (Wildman–Crippen MR) is 70.8 cm³/mol. The van der Waals surface area contributed by atoms with Gasteiger partial charge in [-0.05, 0) is 31.9 Å². The molecule has 4 nitrogen and oxygen atoms in total. The highest BCUT2D eigenvalue weighted by Gasteiger charge is 2.22. The van der Waals surface area contributed by atoms with Crippen LogP contribution in [-0.4, -0.2) is 30.3 Å². The molecule has 0 spiro atoms. The Hall–Kier alpha value is -1.69. The minimum absolute atomic E-state index is 0.108. The van der Waals surface area contributed by atoms with Crippen molar-refractivity contribution >= 4 is 5.91 Å². The first-order chi connectivity index (χ1) is 9.54. The second-order valence-electron chi connectivity index (χ2n) is 4.26. The number of halogens is 2. The molecule has 1 aromatic rings. The molecule has 0 aliphatic heterocycles. The molecule has 0 aromatic heterocycles. The largest absolute Gasteiger partial charge is 0.491 e. The zero-order valence-electron chi connectivity index (χ0n) is 11.6. The highest BCUT2D eigenvalue weighted by molar-refractivity contribution is 5.95. The van der Waals surface area contributed by atoms with Gasteiger partial charge in [-0.1, -0.05) is 6.92 Å². The number of aliphatic hydroxyl groups is 1. The quantitative estimate of drug-likeness (QED) is 0.808. The molecule has 1 amide bonds. The van der Waals surface area contributed by atoms with E-state index in [0.29, 0.717) is 12.8 Å². The summed E-state index contributed by atoms with van der Waals surface area (Å²) in [7, 11) is 0. The molecule has 1 aromatic carbocycles. The van der Waals surface area contributed by atoms with Crippen LogP contribution in [0.4, 0.5) is 8.78 Å². The molecule has 0 aliphatic rings. The summed E-state index contributed by atoms with van der Waals surface area (Å²) in [5.74, 6) is -2.96. The van der Waals surface area contributed by atoms with Gasteiger partial charge >= 0.3 is 0 Å². The van der Waals surface area contributed by atoms with Crippen LogP contribution in [0.25, 0.3) is 0 Å². The van der Waals surface area contributed by atoms with Gasteiger partial charge in [-0.15, -0.1) is 0 Å². The summed E-state index contributed by atoms with van der Waals surface area (Å²) >= 11 is 0. The van der Waals surface area contributed by atoms with Crippen molar-refractivity contribution in [3.63, 3.8) is 0 Å². The monoisotopic (exact) mass is 287 g/mol. The Labute approximate surface area is 116 Å². The summed E-state index contributed by atoms with van der Waals surface area (Å²) in [5.41, 5.74) is -0.660. The van der Waals surface area contributed by atoms with E-state index in [1.54, 1.807) is 6.92 Å². The lowest BCUT2D eigenvalue weighted by atomic mass is 10.1. The van der Waals surface area contributed by atoms with Crippen molar-refractivity contribution < 1.29 is 23.4 Å². The van der Waals surface area contributed by atoms with E-state index >= 15 is 0 Å². The van der Waals surface area contributed by atoms with Crippen LogP contribution in [0.5, 0.6) is 5.75 Å². The fraction of sp³-hybridized carbons (Fsp3) is 0.500. The van der Waals surface area contributed by atoms with E-state index in [1.165, 1.54) is 0 Å². The van der Waals surface area contributed by atoms with Crippen molar-refractivity contribution in [1.29, 1.82) is 0 Å². The molecule has 0 saturated heterocycles. The Morgan fingerprint density at radius 3 is 2.65 bits per heavy atom. The molecule has 0 fully saturated rings. The first-order valence-electron chi connectivity index (χ1n) is 6.57. The number of hydrogen-bond acceptors (Lipinski definition) is 3. The van der Waals surface area contributed by atoms with E-state index in [1.807, 2.05) is 6.92 Å². The molecule has 20 heavy (non-hydrogen) atoms. The first kappa shape index (κ1) is 16.4. The van der Waals surface area contributed by atoms with E-state index in [0.717, 1.165) is 12.1 Å². The number of carbonyl (C=O) groups excluding carboxylic acids is 1. The standard InChI is InChI=1S/C14H19F2NO3/c1-3-9(7-8-18)17-14(19)12-10(15)5-6-11(13(12)16)20-4-2/h5-6,9,18H,3-4,7-8H2,1-2H3,(H,17,19).